The number of hydrogen-bond donors (Lipinski definition) is 1. The van der Waals surface area contributed by atoms with E-state index >= 15 is 0 Å². The third kappa shape index (κ3) is 4.48. The molecule has 0 aliphatic carbocycles. The molecular formula is C16H23NO4. The normalized spacial score (nSPS) is 10.9. The van der Waals surface area contributed by atoms with Crippen molar-refractivity contribution in [3.8, 4) is 5.75 Å². The molecule has 0 fully saturated rings. The number of rotatable bonds is 5. The van der Waals surface area contributed by atoms with Gasteiger partial charge in [0.2, 0.25) is 5.91 Å². The van der Waals surface area contributed by atoms with Crippen LogP contribution in [0.1, 0.15) is 44.5 Å². The molecule has 0 saturated heterocycles. The van der Waals surface area contributed by atoms with Crippen molar-refractivity contribution in [2.24, 2.45) is 5.41 Å². The van der Waals surface area contributed by atoms with Crippen LogP contribution in [0.15, 0.2) is 18.2 Å². The van der Waals surface area contributed by atoms with Crippen molar-refractivity contribution >= 4 is 17.6 Å². The monoisotopic (exact) mass is 293 g/mol. The SMILES string of the molecule is CCCOc1cccc(NC(=O)C(C)(C)C)c1C(=O)OC. The molecule has 1 N–H and O–H groups in total. The number of nitrogens with one attached hydrogen (secondary N) is 1. The fraction of sp³-hybridized carbons (Fsp3) is 0.500. The first kappa shape index (κ1) is 17.0. The predicted molar refractivity (Wildman–Crippen MR) is 81.7 cm³/mol. The second kappa shape index (κ2) is 7.11. The fourth-order valence-corrected chi connectivity index (χ4v) is 1.59. The van der Waals surface area contributed by atoms with Gasteiger partial charge in [-0.1, -0.05) is 33.8 Å². The Morgan fingerprint density at radius 2 is 1.90 bits per heavy atom. The fourth-order valence-electron chi connectivity index (χ4n) is 1.59. The summed E-state index contributed by atoms with van der Waals surface area (Å²) in [7, 11) is 1.30. The molecule has 0 radical (unpaired) electrons. The Labute approximate surface area is 125 Å². The Morgan fingerprint density at radius 3 is 2.43 bits per heavy atom. The van der Waals surface area contributed by atoms with E-state index in [9.17, 15) is 9.59 Å². The number of carbonyl (C=O) groups excluding carboxylic acids is 2. The van der Waals surface area contributed by atoms with E-state index < -0.39 is 11.4 Å². The van der Waals surface area contributed by atoms with Gasteiger partial charge in [-0.25, -0.2) is 4.79 Å². The van der Waals surface area contributed by atoms with Gasteiger partial charge in [0.25, 0.3) is 0 Å². The van der Waals surface area contributed by atoms with Crippen molar-refractivity contribution in [3.05, 3.63) is 23.8 Å². The molecule has 0 heterocycles. The standard InChI is InChI=1S/C16H23NO4/c1-6-10-21-12-9-7-8-11(13(12)14(18)20-5)17-15(19)16(2,3)4/h7-9H,6,10H2,1-5H3,(H,17,19). The first-order chi connectivity index (χ1) is 9.81. The van der Waals surface area contributed by atoms with Gasteiger partial charge in [0.15, 0.2) is 0 Å². The number of amides is 1. The van der Waals surface area contributed by atoms with Crippen LogP contribution in [0, 0.1) is 5.41 Å². The van der Waals surface area contributed by atoms with Crippen LogP contribution < -0.4 is 10.1 Å². The van der Waals surface area contributed by atoms with Crippen LogP contribution >= 0.6 is 0 Å². The summed E-state index contributed by atoms with van der Waals surface area (Å²) in [6, 6.07) is 5.08. The van der Waals surface area contributed by atoms with E-state index in [4.69, 9.17) is 9.47 Å². The molecule has 0 aliphatic rings. The number of hydrogen-bond acceptors (Lipinski definition) is 4. The van der Waals surface area contributed by atoms with Crippen LogP contribution in [-0.2, 0) is 9.53 Å². The van der Waals surface area contributed by atoms with Crippen molar-refractivity contribution in [3.63, 3.8) is 0 Å². The number of carbonyl (C=O) groups is 2. The van der Waals surface area contributed by atoms with Crippen LogP contribution in [0.3, 0.4) is 0 Å². The zero-order valence-corrected chi connectivity index (χ0v) is 13.3. The molecule has 0 atom stereocenters. The third-order valence-electron chi connectivity index (χ3n) is 2.81. The summed E-state index contributed by atoms with van der Waals surface area (Å²) in [5.74, 6) is -0.304. The smallest absolute Gasteiger partial charge is 0.343 e. The molecule has 116 valence electrons. The molecule has 1 aromatic carbocycles. The number of anilines is 1. The molecule has 1 amide bonds. The van der Waals surface area contributed by atoms with Crippen molar-refractivity contribution in [2.45, 2.75) is 34.1 Å². The summed E-state index contributed by atoms with van der Waals surface area (Å²) in [5, 5.41) is 2.76. The lowest BCUT2D eigenvalue weighted by Crippen LogP contribution is -2.28. The summed E-state index contributed by atoms with van der Waals surface area (Å²) in [4.78, 5) is 24.1. The number of ether oxygens (including phenoxy) is 2. The van der Waals surface area contributed by atoms with E-state index in [1.54, 1.807) is 39.0 Å². The molecule has 0 aliphatic heterocycles. The first-order valence-corrected chi connectivity index (χ1v) is 6.96. The Bertz CT molecular complexity index is 517. The molecule has 0 bridgehead atoms. The molecule has 21 heavy (non-hydrogen) atoms. The van der Waals surface area contributed by atoms with Gasteiger partial charge in [0, 0.05) is 5.41 Å². The minimum absolute atomic E-state index is 0.180. The topological polar surface area (TPSA) is 64.6 Å². The lowest BCUT2D eigenvalue weighted by Gasteiger charge is -2.20. The highest BCUT2D eigenvalue weighted by Crippen LogP contribution is 2.29. The van der Waals surface area contributed by atoms with E-state index in [1.165, 1.54) is 7.11 Å². The van der Waals surface area contributed by atoms with Crippen LogP contribution in [0.5, 0.6) is 5.75 Å². The van der Waals surface area contributed by atoms with E-state index in [0.717, 1.165) is 6.42 Å². The van der Waals surface area contributed by atoms with Crippen LogP contribution in [-0.4, -0.2) is 25.6 Å². The highest BCUT2D eigenvalue weighted by atomic mass is 16.5. The first-order valence-electron chi connectivity index (χ1n) is 6.96. The Kier molecular flexibility index (Phi) is 5.76. The average Bonchev–Trinajstić information content (AvgIpc) is 2.43. The van der Waals surface area contributed by atoms with E-state index in [0.29, 0.717) is 18.0 Å². The molecule has 0 unspecified atom stereocenters. The Hall–Kier alpha value is -2.04. The van der Waals surface area contributed by atoms with Crippen LogP contribution in [0.2, 0.25) is 0 Å². The summed E-state index contributed by atoms with van der Waals surface area (Å²) in [5.41, 5.74) is 0.0784. The minimum atomic E-state index is -0.562. The second-order valence-electron chi connectivity index (χ2n) is 5.72. The molecule has 5 heteroatoms. The zero-order valence-electron chi connectivity index (χ0n) is 13.3. The number of esters is 1. The van der Waals surface area contributed by atoms with Crippen molar-refractivity contribution < 1.29 is 19.1 Å². The number of methoxy groups -OCH3 is 1. The molecule has 1 aromatic rings. The summed E-state index contributed by atoms with van der Waals surface area (Å²) in [6.45, 7) is 7.87. The van der Waals surface area contributed by atoms with Crippen molar-refractivity contribution in [1.82, 2.24) is 0 Å². The van der Waals surface area contributed by atoms with E-state index in [2.05, 4.69) is 5.32 Å². The molecule has 1 rings (SSSR count). The lowest BCUT2D eigenvalue weighted by atomic mass is 9.95. The van der Waals surface area contributed by atoms with Crippen LogP contribution in [0.25, 0.3) is 0 Å². The maximum absolute atomic E-state index is 12.1. The molecule has 0 saturated carbocycles. The van der Waals surface area contributed by atoms with Gasteiger partial charge in [-0.2, -0.15) is 0 Å². The van der Waals surface area contributed by atoms with Gasteiger partial charge in [0.1, 0.15) is 11.3 Å². The van der Waals surface area contributed by atoms with Crippen LogP contribution in [0.4, 0.5) is 5.69 Å². The average molecular weight is 293 g/mol. The van der Waals surface area contributed by atoms with Gasteiger partial charge in [0.05, 0.1) is 19.4 Å². The largest absolute Gasteiger partial charge is 0.493 e. The number of benzene rings is 1. The van der Waals surface area contributed by atoms with E-state index in [-0.39, 0.29) is 11.5 Å². The second-order valence-corrected chi connectivity index (χ2v) is 5.72. The molecule has 0 spiro atoms. The van der Waals surface area contributed by atoms with Gasteiger partial charge in [-0.3, -0.25) is 4.79 Å². The molecule has 0 aromatic heterocycles. The van der Waals surface area contributed by atoms with Gasteiger partial charge in [-0.05, 0) is 18.6 Å². The highest BCUT2D eigenvalue weighted by molar-refractivity contribution is 6.04. The lowest BCUT2D eigenvalue weighted by molar-refractivity contribution is -0.123. The van der Waals surface area contributed by atoms with E-state index in [1.807, 2.05) is 6.92 Å². The quantitative estimate of drug-likeness (QED) is 0.846. The maximum atomic E-state index is 12.1. The molecule has 5 nitrogen and oxygen atoms in total. The third-order valence-corrected chi connectivity index (χ3v) is 2.81. The highest BCUT2D eigenvalue weighted by Gasteiger charge is 2.25. The van der Waals surface area contributed by atoms with Gasteiger partial charge >= 0.3 is 5.97 Å². The zero-order chi connectivity index (χ0) is 16.0. The maximum Gasteiger partial charge on any atom is 0.343 e. The summed E-state index contributed by atoms with van der Waals surface area (Å²) < 4.78 is 10.4. The Morgan fingerprint density at radius 1 is 1.24 bits per heavy atom. The summed E-state index contributed by atoms with van der Waals surface area (Å²) in [6.07, 6.45) is 0.819. The minimum Gasteiger partial charge on any atom is -0.493 e. The molecular weight excluding hydrogens is 270 g/mol. The summed E-state index contributed by atoms with van der Waals surface area (Å²) >= 11 is 0. The van der Waals surface area contributed by atoms with Gasteiger partial charge < -0.3 is 14.8 Å². The predicted octanol–water partition coefficient (Wildman–Crippen LogP) is 3.25. The van der Waals surface area contributed by atoms with Gasteiger partial charge in [-0.15, -0.1) is 0 Å². The Balaban J connectivity index is 3.18. The van der Waals surface area contributed by atoms with Crippen molar-refractivity contribution in [2.75, 3.05) is 19.0 Å². The van der Waals surface area contributed by atoms with Crippen molar-refractivity contribution in [1.29, 1.82) is 0 Å².